The van der Waals surface area contributed by atoms with Gasteiger partial charge in [-0.15, -0.1) is 0 Å². The summed E-state index contributed by atoms with van der Waals surface area (Å²) in [5.41, 5.74) is 2.79. The van der Waals surface area contributed by atoms with E-state index < -0.39 is 4.92 Å². The van der Waals surface area contributed by atoms with E-state index in [2.05, 4.69) is 5.32 Å². The Morgan fingerprint density at radius 2 is 1.85 bits per heavy atom. The fourth-order valence-corrected chi connectivity index (χ4v) is 2.82. The van der Waals surface area contributed by atoms with Crippen LogP contribution in [0.25, 0.3) is 0 Å². The van der Waals surface area contributed by atoms with Crippen LogP contribution >= 0.6 is 0 Å². The second kappa shape index (κ2) is 8.44. The van der Waals surface area contributed by atoms with Gasteiger partial charge < -0.3 is 15.0 Å². The zero-order valence-corrected chi connectivity index (χ0v) is 14.4. The third kappa shape index (κ3) is 4.80. The summed E-state index contributed by atoms with van der Waals surface area (Å²) in [6.07, 6.45) is 0.380. The Hall–Kier alpha value is -2.93. The van der Waals surface area contributed by atoms with Crippen molar-refractivity contribution in [3.8, 4) is 0 Å². The molecule has 0 saturated carbocycles. The third-order valence-corrected chi connectivity index (χ3v) is 4.29. The summed E-state index contributed by atoms with van der Waals surface area (Å²) in [7, 11) is 0. The number of hydrogen-bond acceptors (Lipinski definition) is 5. The number of anilines is 1. The minimum Gasteiger partial charge on any atom is -0.381 e. The molecule has 26 heavy (non-hydrogen) atoms. The number of nitro groups is 1. The first kappa shape index (κ1) is 17.9. The average molecular weight is 355 g/mol. The fraction of sp³-hybridized carbons (Fsp3) is 0.316. The number of carbonyl (C=O) groups excluding carboxylic acids is 1. The predicted octanol–water partition coefficient (Wildman–Crippen LogP) is 2.61. The van der Waals surface area contributed by atoms with Crippen molar-refractivity contribution in [1.82, 2.24) is 4.90 Å². The molecule has 0 unspecified atom stereocenters. The van der Waals surface area contributed by atoms with E-state index in [1.165, 1.54) is 6.07 Å². The van der Waals surface area contributed by atoms with E-state index >= 15 is 0 Å². The number of non-ortho nitro benzene ring substituents is 1. The van der Waals surface area contributed by atoms with Crippen molar-refractivity contribution in [1.29, 1.82) is 0 Å². The molecule has 1 amide bonds. The molecule has 1 fully saturated rings. The van der Waals surface area contributed by atoms with Crippen molar-refractivity contribution in [3.05, 3.63) is 69.8 Å². The number of ether oxygens (including phenoxy) is 1. The second-order valence-electron chi connectivity index (χ2n) is 6.15. The van der Waals surface area contributed by atoms with Crippen molar-refractivity contribution in [2.75, 3.05) is 31.6 Å². The van der Waals surface area contributed by atoms with Crippen LogP contribution in [0.1, 0.15) is 11.1 Å². The molecule has 0 spiro atoms. The lowest BCUT2D eigenvalue weighted by molar-refractivity contribution is -0.384. The average Bonchev–Trinajstić information content (AvgIpc) is 2.68. The van der Waals surface area contributed by atoms with E-state index in [0.717, 1.165) is 16.8 Å². The Morgan fingerprint density at radius 3 is 2.54 bits per heavy atom. The minimum absolute atomic E-state index is 0.0845. The monoisotopic (exact) mass is 355 g/mol. The molecule has 1 aliphatic rings. The van der Waals surface area contributed by atoms with Gasteiger partial charge in [0, 0.05) is 37.5 Å². The van der Waals surface area contributed by atoms with E-state index in [9.17, 15) is 14.9 Å². The molecule has 2 aromatic rings. The van der Waals surface area contributed by atoms with Crippen LogP contribution in [0.5, 0.6) is 0 Å². The molecule has 0 radical (unpaired) electrons. The number of nitrogens with zero attached hydrogens (tertiary/aromatic N) is 2. The van der Waals surface area contributed by atoms with Crippen LogP contribution in [0.15, 0.2) is 48.5 Å². The Bertz CT molecular complexity index is 771. The molecule has 0 aromatic heterocycles. The smallest absolute Gasteiger partial charge is 0.269 e. The van der Waals surface area contributed by atoms with Crippen LogP contribution in [0.2, 0.25) is 0 Å². The van der Waals surface area contributed by atoms with Crippen LogP contribution in [-0.2, 0) is 22.5 Å². The number of rotatable bonds is 6. The fourth-order valence-electron chi connectivity index (χ4n) is 2.82. The summed E-state index contributed by atoms with van der Waals surface area (Å²) in [4.78, 5) is 24.5. The number of nitrogens with one attached hydrogen (secondary N) is 1. The van der Waals surface area contributed by atoms with E-state index in [4.69, 9.17) is 4.74 Å². The molecule has 2 aromatic carbocycles. The number of hydrogen-bond donors (Lipinski definition) is 1. The zero-order valence-electron chi connectivity index (χ0n) is 14.4. The maximum Gasteiger partial charge on any atom is 0.269 e. The first-order chi connectivity index (χ1) is 12.6. The molecule has 1 aliphatic heterocycles. The van der Waals surface area contributed by atoms with Crippen LogP contribution in [0.4, 0.5) is 11.4 Å². The highest BCUT2D eigenvalue weighted by atomic mass is 16.6. The highest BCUT2D eigenvalue weighted by Gasteiger charge is 2.16. The van der Waals surface area contributed by atoms with E-state index in [-0.39, 0.29) is 11.6 Å². The maximum absolute atomic E-state index is 12.2. The van der Waals surface area contributed by atoms with Crippen molar-refractivity contribution >= 4 is 17.3 Å². The molecule has 1 N–H and O–H groups in total. The first-order valence-corrected chi connectivity index (χ1v) is 8.53. The normalized spacial score (nSPS) is 14.1. The maximum atomic E-state index is 12.2. The van der Waals surface area contributed by atoms with Gasteiger partial charge >= 0.3 is 0 Å². The van der Waals surface area contributed by atoms with Crippen LogP contribution in [-0.4, -0.2) is 42.0 Å². The summed E-state index contributed by atoms with van der Waals surface area (Å²) < 4.78 is 5.26. The van der Waals surface area contributed by atoms with Crippen LogP contribution in [0, 0.1) is 10.1 Å². The molecule has 0 atom stereocenters. The summed E-state index contributed by atoms with van der Waals surface area (Å²) in [6, 6.07) is 14.2. The van der Waals surface area contributed by atoms with Crippen LogP contribution < -0.4 is 5.32 Å². The lowest BCUT2D eigenvalue weighted by atomic mass is 10.1. The number of morpholine rings is 1. The van der Waals surface area contributed by atoms with E-state index in [0.29, 0.717) is 39.3 Å². The molecule has 136 valence electrons. The highest BCUT2D eigenvalue weighted by Crippen LogP contribution is 2.16. The molecule has 1 heterocycles. The molecule has 0 aliphatic carbocycles. The molecular weight excluding hydrogens is 334 g/mol. The quantitative estimate of drug-likeness (QED) is 0.636. The number of carbonyl (C=O) groups is 1. The van der Waals surface area contributed by atoms with Gasteiger partial charge in [-0.3, -0.25) is 14.9 Å². The number of benzene rings is 2. The minimum atomic E-state index is -0.399. The SMILES string of the molecule is O=C(Cc1ccc(NCc2cccc([N+](=O)[O-])c2)cc1)N1CCOCC1. The molecule has 7 heteroatoms. The lowest BCUT2D eigenvalue weighted by Gasteiger charge is -2.26. The largest absolute Gasteiger partial charge is 0.381 e. The van der Waals surface area contributed by atoms with Gasteiger partial charge in [0.2, 0.25) is 5.91 Å². The summed E-state index contributed by atoms with van der Waals surface area (Å²) >= 11 is 0. The second-order valence-corrected chi connectivity index (χ2v) is 6.15. The first-order valence-electron chi connectivity index (χ1n) is 8.53. The Labute approximate surface area is 151 Å². The highest BCUT2D eigenvalue weighted by molar-refractivity contribution is 5.79. The van der Waals surface area contributed by atoms with E-state index in [1.54, 1.807) is 12.1 Å². The Balaban J connectivity index is 1.53. The summed E-state index contributed by atoms with van der Waals surface area (Å²) in [5.74, 6) is 0.116. The van der Waals surface area contributed by atoms with Gasteiger partial charge in [0.05, 0.1) is 24.6 Å². The van der Waals surface area contributed by atoms with Gasteiger partial charge in [-0.2, -0.15) is 0 Å². The number of nitro benzene ring substituents is 1. The van der Waals surface area contributed by atoms with Crippen molar-refractivity contribution < 1.29 is 14.5 Å². The molecule has 3 rings (SSSR count). The van der Waals surface area contributed by atoms with Crippen molar-refractivity contribution in [2.24, 2.45) is 0 Å². The summed E-state index contributed by atoms with van der Waals surface area (Å²) in [5, 5.41) is 14.1. The van der Waals surface area contributed by atoms with Gasteiger partial charge in [0.1, 0.15) is 0 Å². The molecule has 7 nitrogen and oxygen atoms in total. The summed E-state index contributed by atoms with van der Waals surface area (Å²) in [6.45, 7) is 3.01. The third-order valence-electron chi connectivity index (χ3n) is 4.29. The molecular formula is C19H21N3O4. The lowest BCUT2D eigenvalue weighted by Crippen LogP contribution is -2.41. The van der Waals surface area contributed by atoms with Gasteiger partial charge in [-0.1, -0.05) is 24.3 Å². The van der Waals surface area contributed by atoms with Crippen molar-refractivity contribution in [3.63, 3.8) is 0 Å². The number of amides is 1. The molecule has 0 bridgehead atoms. The topological polar surface area (TPSA) is 84.7 Å². The predicted molar refractivity (Wildman–Crippen MR) is 98.0 cm³/mol. The Morgan fingerprint density at radius 1 is 1.12 bits per heavy atom. The molecule has 1 saturated heterocycles. The van der Waals surface area contributed by atoms with E-state index in [1.807, 2.05) is 35.2 Å². The van der Waals surface area contributed by atoms with Crippen molar-refractivity contribution in [2.45, 2.75) is 13.0 Å². The van der Waals surface area contributed by atoms with Gasteiger partial charge in [0.25, 0.3) is 5.69 Å². The van der Waals surface area contributed by atoms with Crippen LogP contribution in [0.3, 0.4) is 0 Å². The van der Waals surface area contributed by atoms with Gasteiger partial charge in [0.15, 0.2) is 0 Å². The zero-order chi connectivity index (χ0) is 18.4. The Kier molecular flexibility index (Phi) is 5.80. The van der Waals surface area contributed by atoms with Gasteiger partial charge in [-0.05, 0) is 23.3 Å². The van der Waals surface area contributed by atoms with Gasteiger partial charge in [-0.25, -0.2) is 0 Å². The standard InChI is InChI=1S/C19H21N3O4/c23-19(21-8-10-26-11-9-21)13-15-4-6-17(7-5-15)20-14-16-2-1-3-18(12-16)22(24)25/h1-7,12,20H,8-11,13-14H2.